The van der Waals surface area contributed by atoms with E-state index in [0.29, 0.717) is 5.71 Å². The van der Waals surface area contributed by atoms with Crippen LogP contribution in [-0.2, 0) is 0 Å². The maximum atomic E-state index is 9.08. The Labute approximate surface area is 49.2 Å². The lowest BCUT2D eigenvalue weighted by molar-refractivity contribution is 0.153. The first kappa shape index (κ1) is 7.43. The Kier molecular flexibility index (Phi) is 1.98. The molecule has 0 spiro atoms. The molecule has 3 nitrogen and oxygen atoms in total. The van der Waals surface area contributed by atoms with Crippen LogP contribution in [-0.4, -0.2) is 16.4 Å². The summed E-state index contributed by atoms with van der Waals surface area (Å²) >= 11 is 0. The summed E-state index contributed by atoms with van der Waals surface area (Å²) in [7, 11) is 0. The van der Waals surface area contributed by atoms with E-state index in [9.17, 15) is 0 Å². The third-order valence-electron chi connectivity index (χ3n) is 1.08. The lowest BCUT2D eigenvalue weighted by atomic mass is 10.1. The molecule has 0 unspecified atom stereocenters. The molecule has 3 heteroatoms. The average Bonchev–Trinajstić information content (AvgIpc) is 1.62. The summed E-state index contributed by atoms with van der Waals surface area (Å²) in [6, 6.07) is 0. The average molecular weight is 116 g/mol. The molecule has 0 aliphatic rings. The highest BCUT2D eigenvalue weighted by atomic mass is 16.3. The summed E-state index contributed by atoms with van der Waals surface area (Å²) < 4.78 is 0. The van der Waals surface area contributed by atoms with Gasteiger partial charge in [0.25, 0.3) is 0 Å². The lowest BCUT2D eigenvalue weighted by Gasteiger charge is -2.14. The van der Waals surface area contributed by atoms with E-state index in [4.69, 9.17) is 10.9 Å². The van der Waals surface area contributed by atoms with E-state index in [0.717, 1.165) is 0 Å². The van der Waals surface area contributed by atoms with Crippen LogP contribution >= 0.6 is 0 Å². The van der Waals surface area contributed by atoms with Crippen LogP contribution in [0.5, 0.6) is 0 Å². The minimum atomic E-state index is -0.866. The van der Waals surface area contributed by atoms with Gasteiger partial charge in [-0.1, -0.05) is 0 Å². The van der Waals surface area contributed by atoms with Crippen molar-refractivity contribution < 1.29 is 5.11 Å². The van der Waals surface area contributed by atoms with Crippen molar-refractivity contribution in [1.29, 1.82) is 0 Å². The van der Waals surface area contributed by atoms with Gasteiger partial charge in [-0.15, -0.1) is 0 Å². The van der Waals surface area contributed by atoms with Gasteiger partial charge in [0.05, 0.1) is 11.3 Å². The zero-order chi connectivity index (χ0) is 6.78. The number of nitrogens with zero attached hydrogens (tertiary/aromatic N) is 1. The minimum Gasteiger partial charge on any atom is -0.384 e. The first-order valence-corrected chi connectivity index (χ1v) is 2.46. The van der Waals surface area contributed by atoms with Gasteiger partial charge < -0.3 is 10.9 Å². The molecule has 0 aliphatic carbocycles. The number of nitrogens with two attached hydrogens (primary N) is 1. The predicted octanol–water partition coefficient (Wildman–Crippen LogP) is 0.0919. The summed E-state index contributed by atoms with van der Waals surface area (Å²) in [6.07, 6.45) is 0. The molecule has 0 aromatic rings. The van der Waals surface area contributed by atoms with E-state index >= 15 is 0 Å². The molecule has 0 heterocycles. The molecule has 0 saturated carbocycles. The van der Waals surface area contributed by atoms with E-state index in [1.165, 1.54) is 0 Å². The van der Waals surface area contributed by atoms with Crippen molar-refractivity contribution in [2.45, 2.75) is 26.4 Å². The number of hydrogen-bond acceptors (Lipinski definition) is 3. The smallest absolute Gasteiger partial charge is 0.0985 e. The Bertz CT molecular complexity index is 101. The maximum absolute atomic E-state index is 9.08. The van der Waals surface area contributed by atoms with Gasteiger partial charge >= 0.3 is 0 Å². The zero-order valence-electron chi connectivity index (χ0n) is 5.47. The number of rotatable bonds is 1. The Balaban J connectivity index is 4.03. The first-order valence-electron chi connectivity index (χ1n) is 2.46. The van der Waals surface area contributed by atoms with Crippen molar-refractivity contribution in [3.63, 3.8) is 0 Å². The number of hydrazone groups is 1. The monoisotopic (exact) mass is 116 g/mol. The van der Waals surface area contributed by atoms with Crippen LogP contribution in [0.2, 0.25) is 0 Å². The largest absolute Gasteiger partial charge is 0.384 e. The summed E-state index contributed by atoms with van der Waals surface area (Å²) in [4.78, 5) is 0. The molecule has 0 bridgehead atoms. The molecular formula is C5H12N2O. The van der Waals surface area contributed by atoms with Gasteiger partial charge in [-0.05, 0) is 20.8 Å². The molecule has 0 aromatic carbocycles. The topological polar surface area (TPSA) is 58.6 Å². The fourth-order valence-corrected chi connectivity index (χ4v) is 0.158. The van der Waals surface area contributed by atoms with Gasteiger partial charge in [-0.25, -0.2) is 0 Å². The van der Waals surface area contributed by atoms with E-state index in [-0.39, 0.29) is 0 Å². The van der Waals surface area contributed by atoms with Crippen molar-refractivity contribution in [2.75, 3.05) is 0 Å². The fraction of sp³-hybridized carbons (Fsp3) is 0.800. The van der Waals surface area contributed by atoms with Crippen LogP contribution in [0.4, 0.5) is 0 Å². The van der Waals surface area contributed by atoms with Crippen LogP contribution in [0.3, 0.4) is 0 Å². The Morgan fingerprint density at radius 3 is 2.00 bits per heavy atom. The summed E-state index contributed by atoms with van der Waals surface area (Å²) in [5, 5.41) is 12.4. The lowest BCUT2D eigenvalue weighted by Crippen LogP contribution is -2.29. The molecule has 0 fully saturated rings. The quantitative estimate of drug-likeness (QED) is 0.290. The molecule has 0 saturated heterocycles. The van der Waals surface area contributed by atoms with Gasteiger partial charge in [0.1, 0.15) is 0 Å². The molecule has 48 valence electrons. The number of aliphatic hydroxyl groups is 1. The molecule has 0 rings (SSSR count). The van der Waals surface area contributed by atoms with Crippen LogP contribution in [0.25, 0.3) is 0 Å². The van der Waals surface area contributed by atoms with Gasteiger partial charge in [0.2, 0.25) is 0 Å². The fourth-order valence-electron chi connectivity index (χ4n) is 0.158. The molecule has 8 heavy (non-hydrogen) atoms. The molecule has 0 amide bonds. The van der Waals surface area contributed by atoms with Crippen molar-refractivity contribution >= 4 is 5.71 Å². The highest BCUT2D eigenvalue weighted by molar-refractivity contribution is 5.88. The van der Waals surface area contributed by atoms with Crippen molar-refractivity contribution in [3.05, 3.63) is 0 Å². The van der Waals surface area contributed by atoms with E-state index in [1.54, 1.807) is 20.8 Å². The molecular weight excluding hydrogens is 104 g/mol. The Morgan fingerprint density at radius 1 is 1.62 bits per heavy atom. The second kappa shape index (κ2) is 2.13. The second-order valence-electron chi connectivity index (χ2n) is 2.27. The predicted molar refractivity (Wildman–Crippen MR) is 33.6 cm³/mol. The summed E-state index contributed by atoms with van der Waals surface area (Å²) in [5.74, 6) is 4.89. The molecule has 3 N–H and O–H groups in total. The van der Waals surface area contributed by atoms with Crippen molar-refractivity contribution in [2.24, 2.45) is 10.9 Å². The van der Waals surface area contributed by atoms with Crippen LogP contribution in [0.15, 0.2) is 5.10 Å². The Morgan fingerprint density at radius 2 is 2.00 bits per heavy atom. The third kappa shape index (κ3) is 1.93. The molecule has 0 aliphatic heterocycles. The molecule has 0 radical (unpaired) electrons. The van der Waals surface area contributed by atoms with E-state index in [2.05, 4.69) is 5.10 Å². The SMILES string of the molecule is C/C(=N\N)C(C)(C)O. The standard InChI is InChI=1S/C5H12N2O/c1-4(7-6)5(2,3)8/h8H,6H2,1-3H3/b7-4+. The van der Waals surface area contributed by atoms with E-state index in [1.807, 2.05) is 0 Å². The minimum absolute atomic E-state index is 0.539. The van der Waals surface area contributed by atoms with Crippen molar-refractivity contribution in [1.82, 2.24) is 0 Å². The van der Waals surface area contributed by atoms with Crippen molar-refractivity contribution in [3.8, 4) is 0 Å². The highest BCUT2D eigenvalue weighted by Gasteiger charge is 2.15. The summed E-state index contributed by atoms with van der Waals surface area (Å²) in [5.41, 5.74) is -0.327. The molecule has 0 atom stereocenters. The Hall–Kier alpha value is -0.570. The van der Waals surface area contributed by atoms with E-state index < -0.39 is 5.60 Å². The number of hydrogen-bond donors (Lipinski definition) is 2. The van der Waals surface area contributed by atoms with Crippen LogP contribution in [0.1, 0.15) is 20.8 Å². The molecule has 0 aromatic heterocycles. The van der Waals surface area contributed by atoms with Gasteiger partial charge in [-0.2, -0.15) is 5.10 Å². The first-order chi connectivity index (χ1) is 3.48. The zero-order valence-corrected chi connectivity index (χ0v) is 5.47. The normalized spacial score (nSPS) is 14.2. The maximum Gasteiger partial charge on any atom is 0.0985 e. The van der Waals surface area contributed by atoms with Gasteiger partial charge in [-0.3, -0.25) is 0 Å². The van der Waals surface area contributed by atoms with Crippen LogP contribution in [0, 0.1) is 0 Å². The second-order valence-corrected chi connectivity index (χ2v) is 2.27. The third-order valence-corrected chi connectivity index (χ3v) is 1.08. The highest BCUT2D eigenvalue weighted by Crippen LogP contribution is 2.01. The summed E-state index contributed by atoms with van der Waals surface area (Å²) in [6.45, 7) is 4.96. The van der Waals surface area contributed by atoms with Crippen LogP contribution < -0.4 is 5.84 Å². The van der Waals surface area contributed by atoms with Gasteiger partial charge in [0.15, 0.2) is 0 Å². The van der Waals surface area contributed by atoms with Gasteiger partial charge in [0, 0.05) is 0 Å².